The number of aliphatic hydroxyl groups excluding tert-OH is 1. The fraction of sp³-hybridized carbons (Fsp3) is 0.500. The lowest BCUT2D eigenvalue weighted by atomic mass is 9.76. The molecule has 0 bridgehead atoms. The van der Waals surface area contributed by atoms with Gasteiger partial charge in [0, 0.05) is 0 Å². The monoisotopic (exact) mass is 250 g/mol. The zero-order valence-electron chi connectivity index (χ0n) is 8.36. The van der Waals surface area contributed by atoms with Gasteiger partial charge in [0.15, 0.2) is 6.10 Å². The van der Waals surface area contributed by atoms with Gasteiger partial charge in [0.2, 0.25) is 0 Å². The van der Waals surface area contributed by atoms with Gasteiger partial charge in [0.25, 0.3) is 0 Å². The quantitative estimate of drug-likeness (QED) is 0.359. The predicted molar refractivity (Wildman–Crippen MR) is 48.2 cm³/mol. The van der Waals surface area contributed by atoms with Gasteiger partial charge >= 0.3 is 23.9 Å². The second-order valence-corrected chi connectivity index (χ2v) is 3.34. The summed E-state index contributed by atoms with van der Waals surface area (Å²) in [6, 6.07) is 0. The molecular formula is C8H10O9. The van der Waals surface area contributed by atoms with Crippen LogP contribution < -0.4 is 0 Å². The van der Waals surface area contributed by atoms with Crippen LogP contribution >= 0.6 is 0 Å². The Morgan fingerprint density at radius 3 is 1.41 bits per heavy atom. The van der Waals surface area contributed by atoms with E-state index in [2.05, 4.69) is 0 Å². The van der Waals surface area contributed by atoms with E-state index in [1.165, 1.54) is 0 Å². The molecule has 0 aliphatic heterocycles. The number of carbonyl (C=O) groups is 4. The summed E-state index contributed by atoms with van der Waals surface area (Å²) in [4.78, 5) is 42.3. The summed E-state index contributed by atoms with van der Waals surface area (Å²) < 4.78 is 0. The molecule has 0 aromatic carbocycles. The van der Waals surface area contributed by atoms with Crippen molar-refractivity contribution in [3.63, 3.8) is 0 Å². The largest absolute Gasteiger partial charge is 0.481 e. The van der Waals surface area contributed by atoms with Crippen LogP contribution in [0.15, 0.2) is 0 Å². The summed E-state index contributed by atoms with van der Waals surface area (Å²) in [7, 11) is 0. The van der Waals surface area contributed by atoms with Gasteiger partial charge in [-0.15, -0.1) is 0 Å². The highest BCUT2D eigenvalue weighted by atomic mass is 16.4. The first-order valence-corrected chi connectivity index (χ1v) is 4.21. The van der Waals surface area contributed by atoms with E-state index in [1.807, 2.05) is 0 Å². The number of hydrogen-bond acceptors (Lipinski definition) is 5. The Morgan fingerprint density at radius 1 is 0.882 bits per heavy atom. The van der Waals surface area contributed by atoms with Gasteiger partial charge in [-0.25, -0.2) is 4.79 Å². The van der Waals surface area contributed by atoms with Crippen molar-refractivity contribution in [2.45, 2.75) is 18.9 Å². The average Bonchev–Trinajstić information content (AvgIpc) is 2.13. The number of aliphatic carboxylic acids is 4. The molecule has 9 heteroatoms. The molecule has 0 aromatic rings. The van der Waals surface area contributed by atoms with Crippen molar-refractivity contribution in [1.29, 1.82) is 0 Å². The maximum atomic E-state index is 10.9. The van der Waals surface area contributed by atoms with Crippen LogP contribution in [0.3, 0.4) is 0 Å². The van der Waals surface area contributed by atoms with Gasteiger partial charge < -0.3 is 25.5 Å². The Hall–Kier alpha value is -2.16. The van der Waals surface area contributed by atoms with Crippen LogP contribution in [0, 0.1) is 5.41 Å². The minimum atomic E-state index is -2.80. The fourth-order valence-electron chi connectivity index (χ4n) is 1.30. The summed E-state index contributed by atoms with van der Waals surface area (Å²) >= 11 is 0. The van der Waals surface area contributed by atoms with Gasteiger partial charge in [0.05, 0.1) is 12.8 Å². The Bertz CT molecular complexity index is 342. The highest BCUT2D eigenvalue weighted by Crippen LogP contribution is 2.32. The molecule has 5 N–H and O–H groups in total. The molecule has 9 nitrogen and oxygen atoms in total. The summed E-state index contributed by atoms with van der Waals surface area (Å²) in [6.07, 6.45) is -5.27. The van der Waals surface area contributed by atoms with E-state index in [0.29, 0.717) is 0 Å². The molecule has 0 rings (SSSR count). The van der Waals surface area contributed by atoms with E-state index in [1.54, 1.807) is 0 Å². The summed E-state index contributed by atoms with van der Waals surface area (Å²) in [5.41, 5.74) is -2.80. The number of hydrogen-bond donors (Lipinski definition) is 5. The smallest absolute Gasteiger partial charge is 0.333 e. The highest BCUT2D eigenvalue weighted by Gasteiger charge is 2.52. The lowest BCUT2D eigenvalue weighted by molar-refractivity contribution is -0.177. The molecule has 96 valence electrons. The van der Waals surface area contributed by atoms with Gasteiger partial charge in [-0.1, -0.05) is 0 Å². The van der Waals surface area contributed by atoms with Crippen LogP contribution in [0.4, 0.5) is 0 Å². The van der Waals surface area contributed by atoms with Crippen molar-refractivity contribution >= 4 is 23.9 Å². The SMILES string of the molecule is O=C(O)CC(CC(=O)O)(C(=O)O)C(O)C(=O)O. The van der Waals surface area contributed by atoms with Crippen molar-refractivity contribution in [1.82, 2.24) is 0 Å². The lowest BCUT2D eigenvalue weighted by Gasteiger charge is -2.28. The van der Waals surface area contributed by atoms with Crippen LogP contribution in [0.1, 0.15) is 12.8 Å². The van der Waals surface area contributed by atoms with Gasteiger partial charge in [-0.2, -0.15) is 0 Å². The van der Waals surface area contributed by atoms with Crippen LogP contribution in [0.5, 0.6) is 0 Å². The van der Waals surface area contributed by atoms with Crippen molar-refractivity contribution in [3.8, 4) is 0 Å². The van der Waals surface area contributed by atoms with E-state index >= 15 is 0 Å². The third-order valence-electron chi connectivity index (χ3n) is 2.12. The fourth-order valence-corrected chi connectivity index (χ4v) is 1.30. The zero-order chi connectivity index (χ0) is 13.8. The van der Waals surface area contributed by atoms with Crippen molar-refractivity contribution in [2.24, 2.45) is 5.41 Å². The molecule has 0 saturated carbocycles. The maximum Gasteiger partial charge on any atom is 0.333 e. The number of carboxylic acids is 4. The van der Waals surface area contributed by atoms with Crippen molar-refractivity contribution in [3.05, 3.63) is 0 Å². The molecule has 0 aliphatic rings. The third-order valence-corrected chi connectivity index (χ3v) is 2.12. The average molecular weight is 250 g/mol. The zero-order valence-corrected chi connectivity index (χ0v) is 8.36. The molecule has 0 radical (unpaired) electrons. The molecular weight excluding hydrogens is 240 g/mol. The van der Waals surface area contributed by atoms with E-state index in [4.69, 9.17) is 20.4 Å². The normalized spacial score (nSPS) is 12.8. The van der Waals surface area contributed by atoms with Crippen molar-refractivity contribution < 1.29 is 44.7 Å². The molecule has 0 amide bonds. The second-order valence-electron chi connectivity index (χ2n) is 3.34. The molecule has 1 unspecified atom stereocenters. The number of aliphatic hydroxyl groups is 1. The molecule has 0 spiro atoms. The van der Waals surface area contributed by atoms with Gasteiger partial charge in [-0.3, -0.25) is 14.4 Å². The van der Waals surface area contributed by atoms with E-state index in [9.17, 15) is 24.3 Å². The Labute approximate surface area is 93.9 Å². The maximum absolute atomic E-state index is 10.9. The van der Waals surface area contributed by atoms with Crippen molar-refractivity contribution in [2.75, 3.05) is 0 Å². The topological polar surface area (TPSA) is 169 Å². The summed E-state index contributed by atoms with van der Waals surface area (Å²) in [6.45, 7) is 0. The Balaban J connectivity index is 5.53. The predicted octanol–water partition coefficient (Wildman–Crippen LogP) is -1.55. The lowest BCUT2D eigenvalue weighted by Crippen LogP contribution is -2.49. The highest BCUT2D eigenvalue weighted by molar-refractivity contribution is 5.91. The summed E-state index contributed by atoms with van der Waals surface area (Å²) in [5, 5.41) is 43.4. The first-order chi connectivity index (χ1) is 7.63. The molecule has 0 aliphatic carbocycles. The number of rotatable bonds is 7. The minimum Gasteiger partial charge on any atom is -0.481 e. The first kappa shape index (κ1) is 14.8. The molecule has 0 saturated heterocycles. The first-order valence-electron chi connectivity index (χ1n) is 4.21. The van der Waals surface area contributed by atoms with E-state index < -0.39 is 48.2 Å². The molecule has 0 aromatic heterocycles. The van der Waals surface area contributed by atoms with Crippen LogP contribution in [0.2, 0.25) is 0 Å². The molecule has 1 atom stereocenters. The third kappa shape index (κ3) is 3.41. The molecule has 0 heterocycles. The van der Waals surface area contributed by atoms with E-state index in [0.717, 1.165) is 0 Å². The molecule has 0 fully saturated rings. The van der Waals surface area contributed by atoms with Crippen LogP contribution in [-0.2, 0) is 19.2 Å². The Morgan fingerprint density at radius 2 is 1.24 bits per heavy atom. The van der Waals surface area contributed by atoms with E-state index in [-0.39, 0.29) is 0 Å². The van der Waals surface area contributed by atoms with Gasteiger partial charge in [-0.05, 0) is 0 Å². The number of carboxylic acid groups (broad SMARTS) is 4. The second kappa shape index (κ2) is 5.25. The van der Waals surface area contributed by atoms with Gasteiger partial charge in [0.1, 0.15) is 5.41 Å². The van der Waals surface area contributed by atoms with Crippen LogP contribution in [0.25, 0.3) is 0 Å². The van der Waals surface area contributed by atoms with Crippen LogP contribution in [-0.4, -0.2) is 55.5 Å². The summed E-state index contributed by atoms with van der Waals surface area (Å²) in [5.74, 6) is -7.46. The molecule has 17 heavy (non-hydrogen) atoms. The minimum absolute atomic E-state index is 1.32. The Kier molecular flexibility index (Phi) is 4.59. The standard InChI is InChI=1S/C8H10O9/c9-3(10)1-8(7(16)17,2-4(11)12)5(13)6(14)15/h5,13H,1-2H2,(H,9,10)(H,11,12)(H,14,15)(H,16,17).